The molecule has 0 spiro atoms. The number of hydrogen-bond donors (Lipinski definition) is 1. The lowest BCUT2D eigenvalue weighted by Crippen LogP contribution is -3.00. The zero-order valence-electron chi connectivity index (χ0n) is 17.8. The van der Waals surface area contributed by atoms with Crippen LogP contribution in [0.4, 0.5) is 5.69 Å². The molecule has 1 amide bonds. The third-order valence-corrected chi connectivity index (χ3v) is 7.27. The molecule has 5 nitrogen and oxygen atoms in total. The number of halogens is 4. The summed E-state index contributed by atoms with van der Waals surface area (Å²) in [6, 6.07) is 13.6. The molecule has 9 heteroatoms. The lowest BCUT2D eigenvalue weighted by Gasteiger charge is -2.32. The van der Waals surface area contributed by atoms with Gasteiger partial charge in [0.15, 0.2) is 0 Å². The van der Waals surface area contributed by atoms with Crippen LogP contribution in [0.15, 0.2) is 47.6 Å². The van der Waals surface area contributed by atoms with Crippen LogP contribution < -0.4 is 34.4 Å². The minimum Gasteiger partial charge on any atom is -1.00 e. The number of rotatable bonds is 4. The van der Waals surface area contributed by atoms with E-state index in [1.54, 1.807) is 12.1 Å². The van der Waals surface area contributed by atoms with E-state index < -0.39 is 0 Å². The van der Waals surface area contributed by atoms with Crippen LogP contribution >= 0.6 is 45.8 Å². The number of anilines is 1. The number of nitrogens with one attached hydrogen (secondary N) is 1. The van der Waals surface area contributed by atoms with E-state index in [1.165, 1.54) is 12.8 Å². The summed E-state index contributed by atoms with van der Waals surface area (Å²) in [5, 5.41) is 7.69. The average molecular weight is 699 g/mol. The highest BCUT2D eigenvalue weighted by Crippen LogP contribution is 2.39. The van der Waals surface area contributed by atoms with Gasteiger partial charge in [0.25, 0.3) is 0 Å². The second kappa shape index (κ2) is 11.2. The molecule has 2 aliphatic heterocycles. The van der Waals surface area contributed by atoms with Crippen LogP contribution in [0.1, 0.15) is 43.7 Å². The predicted octanol–water partition coefficient (Wildman–Crippen LogP) is 2.96. The zero-order chi connectivity index (χ0) is 22.0. The molecule has 2 heterocycles. The Bertz CT molecular complexity index is 992. The Morgan fingerprint density at radius 1 is 1.09 bits per heavy atom. The topological polar surface area (TPSA) is 44.7 Å². The second-order valence-electron chi connectivity index (χ2n) is 8.46. The summed E-state index contributed by atoms with van der Waals surface area (Å²) in [5.41, 5.74) is 5.60. The van der Waals surface area contributed by atoms with Gasteiger partial charge in [-0.05, 0) is 84.2 Å². The molecule has 2 aliphatic rings. The molecule has 0 radical (unpaired) electrons. The predicted molar refractivity (Wildman–Crippen MR) is 135 cm³/mol. The van der Waals surface area contributed by atoms with Gasteiger partial charge in [-0.1, -0.05) is 35.3 Å². The van der Waals surface area contributed by atoms with E-state index in [0.717, 1.165) is 40.8 Å². The van der Waals surface area contributed by atoms with Crippen LogP contribution in [0.5, 0.6) is 0 Å². The molecule has 1 atom stereocenters. The minimum atomic E-state index is -0.106. The molecule has 1 saturated heterocycles. The first-order chi connectivity index (χ1) is 14.8. The van der Waals surface area contributed by atoms with Crippen LogP contribution in [0.25, 0.3) is 0 Å². The lowest BCUT2D eigenvalue weighted by atomic mass is 10.0. The van der Waals surface area contributed by atoms with Crippen molar-refractivity contribution in [2.75, 3.05) is 25.1 Å². The summed E-state index contributed by atoms with van der Waals surface area (Å²) in [6.45, 7) is 1.90. The molecule has 172 valence electrons. The zero-order valence-corrected chi connectivity index (χ0v) is 23.7. The van der Waals surface area contributed by atoms with Gasteiger partial charge in [0.05, 0.1) is 23.8 Å². The highest BCUT2D eigenvalue weighted by molar-refractivity contribution is 14.1. The number of hydrazone groups is 1. The standard InChI is InChI=1S/C23H25Cl2IN4O.HI/c1-30(12-4-2-3-5-13-30)28-23(31)20-15-22(16-6-9-18(26)10-7-16)29(27-20)21-11-8-17(24)14-19(21)25;/h6-11,14,22H,2-5,12-13,15H2,1H3;1H. The van der Waals surface area contributed by atoms with Crippen molar-refractivity contribution < 1.29 is 33.4 Å². The minimum absolute atomic E-state index is 0. The quantitative estimate of drug-likeness (QED) is 0.395. The fraction of sp³-hybridized carbons (Fsp3) is 0.391. The molecule has 0 aliphatic carbocycles. The molecule has 2 aromatic rings. The Kier molecular flexibility index (Phi) is 9.10. The first-order valence-corrected chi connectivity index (χ1v) is 12.4. The molecular weight excluding hydrogens is 673 g/mol. The van der Waals surface area contributed by atoms with Crippen molar-refractivity contribution >= 4 is 63.1 Å². The fourth-order valence-corrected chi connectivity index (χ4v) is 5.14. The fourth-order valence-electron chi connectivity index (χ4n) is 4.29. The van der Waals surface area contributed by atoms with Crippen molar-refractivity contribution in [2.45, 2.75) is 38.1 Å². The lowest BCUT2D eigenvalue weighted by molar-refractivity contribution is -0.942. The highest BCUT2D eigenvalue weighted by Gasteiger charge is 2.36. The molecule has 1 N–H and O–H groups in total. The van der Waals surface area contributed by atoms with Gasteiger partial charge in [-0.2, -0.15) is 10.5 Å². The highest BCUT2D eigenvalue weighted by atomic mass is 127. The Hall–Kier alpha value is -0.620. The number of quaternary nitrogens is 1. The largest absolute Gasteiger partial charge is 1.00 e. The first kappa shape index (κ1) is 26.0. The summed E-state index contributed by atoms with van der Waals surface area (Å²) in [7, 11) is 2.10. The van der Waals surface area contributed by atoms with Gasteiger partial charge in [-0.25, -0.2) is 4.59 Å². The molecule has 2 aromatic carbocycles. The second-order valence-corrected chi connectivity index (χ2v) is 10.5. The van der Waals surface area contributed by atoms with Crippen LogP contribution in [0.3, 0.4) is 0 Å². The number of hydrogen-bond acceptors (Lipinski definition) is 3. The molecule has 0 aromatic heterocycles. The molecule has 1 fully saturated rings. The number of amides is 1. The van der Waals surface area contributed by atoms with E-state index in [-0.39, 0.29) is 35.9 Å². The number of carbonyl (C=O) groups is 1. The smallest absolute Gasteiger partial charge is 0.312 e. The van der Waals surface area contributed by atoms with Crippen LogP contribution in [-0.4, -0.2) is 36.3 Å². The molecule has 1 unspecified atom stereocenters. The summed E-state index contributed by atoms with van der Waals surface area (Å²) in [5.74, 6) is -0.104. The number of carbonyl (C=O) groups excluding carboxylic acids is 1. The monoisotopic (exact) mass is 698 g/mol. The Labute approximate surface area is 230 Å². The molecule has 4 rings (SSSR count). The molecule has 32 heavy (non-hydrogen) atoms. The Morgan fingerprint density at radius 3 is 2.38 bits per heavy atom. The van der Waals surface area contributed by atoms with E-state index >= 15 is 0 Å². The van der Waals surface area contributed by atoms with Gasteiger partial charge in [-0.3, -0.25) is 9.80 Å². The van der Waals surface area contributed by atoms with E-state index in [0.29, 0.717) is 26.8 Å². The van der Waals surface area contributed by atoms with Gasteiger partial charge < -0.3 is 24.0 Å². The van der Waals surface area contributed by atoms with Crippen molar-refractivity contribution in [1.82, 2.24) is 5.43 Å². The summed E-state index contributed by atoms with van der Waals surface area (Å²) >= 11 is 14.9. The molecular formula is C23H26Cl2I2N4O. The maximum absolute atomic E-state index is 13.2. The van der Waals surface area contributed by atoms with Gasteiger partial charge in [0, 0.05) is 15.0 Å². The van der Waals surface area contributed by atoms with Crippen molar-refractivity contribution in [3.8, 4) is 0 Å². The Morgan fingerprint density at radius 2 is 1.75 bits per heavy atom. The number of nitrogens with zero attached hydrogens (tertiary/aromatic N) is 3. The third-order valence-electron chi connectivity index (χ3n) is 6.01. The van der Waals surface area contributed by atoms with Crippen molar-refractivity contribution in [3.63, 3.8) is 0 Å². The molecule has 0 saturated carbocycles. The van der Waals surface area contributed by atoms with Gasteiger partial charge >= 0.3 is 5.91 Å². The van der Waals surface area contributed by atoms with E-state index in [9.17, 15) is 4.79 Å². The number of benzene rings is 2. The summed E-state index contributed by atoms with van der Waals surface area (Å²) in [4.78, 5) is 13.2. The number of likely N-dealkylation sites (tertiary alicyclic amines) is 1. The first-order valence-electron chi connectivity index (χ1n) is 10.6. The van der Waals surface area contributed by atoms with E-state index in [1.807, 2.05) is 11.1 Å². The van der Waals surface area contributed by atoms with Gasteiger partial charge in [0.1, 0.15) is 18.8 Å². The van der Waals surface area contributed by atoms with Crippen LogP contribution in [0, 0.1) is 3.57 Å². The van der Waals surface area contributed by atoms with Crippen molar-refractivity contribution in [3.05, 3.63) is 61.6 Å². The Balaban J connectivity index is 0.00000289. The van der Waals surface area contributed by atoms with Crippen LogP contribution in [-0.2, 0) is 4.79 Å². The van der Waals surface area contributed by atoms with Crippen molar-refractivity contribution in [2.24, 2.45) is 5.10 Å². The maximum Gasteiger partial charge on any atom is 0.312 e. The van der Waals surface area contributed by atoms with E-state index in [2.05, 4.69) is 59.3 Å². The summed E-state index contributed by atoms with van der Waals surface area (Å²) < 4.78 is 1.72. The SMILES string of the molecule is C[N+]1(NC(=O)C2=NN(c3ccc(Cl)cc3Cl)C(c3ccc(I)cc3)C2)CCCCCC1.[I-]. The maximum atomic E-state index is 13.2. The molecule has 0 bridgehead atoms. The van der Waals surface area contributed by atoms with Crippen LogP contribution in [0.2, 0.25) is 10.0 Å². The summed E-state index contributed by atoms with van der Waals surface area (Å²) in [6.07, 6.45) is 5.22. The van der Waals surface area contributed by atoms with Gasteiger partial charge in [-0.15, -0.1) is 0 Å². The van der Waals surface area contributed by atoms with E-state index in [4.69, 9.17) is 28.3 Å². The normalized spacial score (nSPS) is 20.2. The van der Waals surface area contributed by atoms with Gasteiger partial charge in [0.2, 0.25) is 0 Å². The third kappa shape index (κ3) is 6.08. The van der Waals surface area contributed by atoms with Crippen molar-refractivity contribution in [1.29, 1.82) is 0 Å². The average Bonchev–Trinajstić information content (AvgIpc) is 3.05.